The maximum absolute atomic E-state index is 11.9. The van der Waals surface area contributed by atoms with Crippen LogP contribution in [0, 0.1) is 6.92 Å². The first-order valence-corrected chi connectivity index (χ1v) is 11.0. The number of ether oxygens (including phenoxy) is 3. The quantitative estimate of drug-likeness (QED) is 0.319. The molecular formula is C24H30N4O5. The Morgan fingerprint density at radius 1 is 1.21 bits per heavy atom. The Hall–Kier alpha value is -3.62. The molecule has 1 aliphatic rings. The SMILES string of the molecule is C=CCOc1ccc(/C(C)=N\Oc2ncnc(OC3CCN(C(=O)OCC)CC3)c2C)cc1. The Morgan fingerprint density at radius 2 is 1.91 bits per heavy atom. The van der Waals surface area contributed by atoms with Crippen LogP contribution in [-0.4, -0.2) is 59.1 Å². The van der Waals surface area contributed by atoms with Gasteiger partial charge in [0.1, 0.15) is 24.8 Å². The van der Waals surface area contributed by atoms with Crippen molar-refractivity contribution >= 4 is 11.8 Å². The van der Waals surface area contributed by atoms with Crippen LogP contribution in [0.2, 0.25) is 0 Å². The van der Waals surface area contributed by atoms with Gasteiger partial charge in [0.25, 0.3) is 5.88 Å². The van der Waals surface area contributed by atoms with Gasteiger partial charge in [0.15, 0.2) is 0 Å². The van der Waals surface area contributed by atoms with E-state index in [4.69, 9.17) is 19.0 Å². The zero-order chi connectivity index (χ0) is 23.6. The molecule has 0 saturated carbocycles. The summed E-state index contributed by atoms with van der Waals surface area (Å²) in [6.45, 7) is 11.1. The summed E-state index contributed by atoms with van der Waals surface area (Å²) in [5, 5.41) is 4.21. The minimum absolute atomic E-state index is 0.0517. The average Bonchev–Trinajstić information content (AvgIpc) is 2.84. The minimum Gasteiger partial charge on any atom is -0.490 e. The van der Waals surface area contributed by atoms with Gasteiger partial charge in [-0.1, -0.05) is 17.8 Å². The molecule has 0 radical (unpaired) electrons. The monoisotopic (exact) mass is 454 g/mol. The van der Waals surface area contributed by atoms with E-state index in [2.05, 4.69) is 21.7 Å². The third-order valence-electron chi connectivity index (χ3n) is 5.15. The van der Waals surface area contributed by atoms with Crippen molar-refractivity contribution in [3.63, 3.8) is 0 Å². The lowest BCUT2D eigenvalue weighted by Crippen LogP contribution is -2.42. The predicted molar refractivity (Wildman–Crippen MR) is 124 cm³/mol. The van der Waals surface area contributed by atoms with E-state index in [1.807, 2.05) is 38.1 Å². The van der Waals surface area contributed by atoms with Crippen LogP contribution in [-0.2, 0) is 4.74 Å². The second-order valence-electron chi connectivity index (χ2n) is 7.50. The number of aromatic nitrogens is 2. The summed E-state index contributed by atoms with van der Waals surface area (Å²) in [5.41, 5.74) is 2.25. The molecule has 3 rings (SSSR count). The normalized spacial score (nSPS) is 14.5. The molecular weight excluding hydrogens is 424 g/mol. The molecule has 1 amide bonds. The number of likely N-dealkylation sites (tertiary alicyclic amines) is 1. The van der Waals surface area contributed by atoms with Gasteiger partial charge in [0, 0.05) is 25.9 Å². The number of carbonyl (C=O) groups is 1. The van der Waals surface area contributed by atoms with Crippen LogP contribution in [0.3, 0.4) is 0 Å². The third kappa shape index (κ3) is 6.68. The van der Waals surface area contributed by atoms with E-state index in [1.54, 1.807) is 17.9 Å². The maximum atomic E-state index is 11.9. The summed E-state index contributed by atoms with van der Waals surface area (Å²) in [6, 6.07) is 7.55. The van der Waals surface area contributed by atoms with Gasteiger partial charge in [0.05, 0.1) is 17.9 Å². The highest BCUT2D eigenvalue weighted by molar-refractivity contribution is 5.98. The van der Waals surface area contributed by atoms with Gasteiger partial charge in [-0.05, 0) is 50.6 Å². The molecule has 0 bridgehead atoms. The highest BCUT2D eigenvalue weighted by Crippen LogP contribution is 2.26. The van der Waals surface area contributed by atoms with Crippen LogP contribution in [0.1, 0.15) is 37.8 Å². The molecule has 0 atom stereocenters. The lowest BCUT2D eigenvalue weighted by molar-refractivity contribution is 0.0683. The number of hydrogen-bond acceptors (Lipinski definition) is 8. The van der Waals surface area contributed by atoms with Crippen molar-refractivity contribution in [1.29, 1.82) is 0 Å². The molecule has 1 aliphatic heterocycles. The Balaban J connectivity index is 1.58. The van der Waals surface area contributed by atoms with E-state index in [0.29, 0.717) is 62.2 Å². The van der Waals surface area contributed by atoms with E-state index in [1.165, 1.54) is 6.33 Å². The summed E-state index contributed by atoms with van der Waals surface area (Å²) in [6.07, 6.45) is 4.15. The maximum Gasteiger partial charge on any atom is 0.409 e. The minimum atomic E-state index is -0.281. The van der Waals surface area contributed by atoms with E-state index in [-0.39, 0.29) is 12.2 Å². The lowest BCUT2D eigenvalue weighted by Gasteiger charge is -2.31. The van der Waals surface area contributed by atoms with E-state index in [9.17, 15) is 4.79 Å². The Labute approximate surface area is 194 Å². The van der Waals surface area contributed by atoms with Crippen molar-refractivity contribution in [2.75, 3.05) is 26.3 Å². The molecule has 176 valence electrons. The largest absolute Gasteiger partial charge is 0.490 e. The number of hydrogen-bond donors (Lipinski definition) is 0. The van der Waals surface area contributed by atoms with Crippen LogP contribution in [0.15, 0.2) is 48.4 Å². The van der Waals surface area contributed by atoms with Crippen LogP contribution < -0.4 is 14.3 Å². The summed E-state index contributed by atoms with van der Waals surface area (Å²) < 4.78 is 16.6. The molecule has 33 heavy (non-hydrogen) atoms. The fourth-order valence-electron chi connectivity index (χ4n) is 3.27. The van der Waals surface area contributed by atoms with E-state index in [0.717, 1.165) is 11.3 Å². The zero-order valence-electron chi connectivity index (χ0n) is 19.3. The van der Waals surface area contributed by atoms with Gasteiger partial charge < -0.3 is 23.9 Å². The lowest BCUT2D eigenvalue weighted by atomic mass is 10.1. The number of oxime groups is 1. The van der Waals surface area contributed by atoms with Crippen molar-refractivity contribution in [3.8, 4) is 17.5 Å². The van der Waals surface area contributed by atoms with Crippen molar-refractivity contribution in [2.45, 2.75) is 39.7 Å². The van der Waals surface area contributed by atoms with Crippen molar-refractivity contribution in [2.24, 2.45) is 5.16 Å². The molecule has 1 fully saturated rings. The second kappa shape index (κ2) is 11.8. The van der Waals surface area contributed by atoms with Gasteiger partial charge in [-0.25, -0.2) is 9.78 Å². The number of piperidine rings is 1. The van der Waals surface area contributed by atoms with E-state index >= 15 is 0 Å². The first kappa shape index (κ1) is 24.0. The number of rotatable bonds is 9. The van der Waals surface area contributed by atoms with Gasteiger partial charge in [-0.15, -0.1) is 0 Å². The topological polar surface area (TPSA) is 95.4 Å². The molecule has 1 aromatic heterocycles. The Bertz CT molecular complexity index is 969. The van der Waals surface area contributed by atoms with Crippen molar-refractivity contribution in [1.82, 2.24) is 14.9 Å². The van der Waals surface area contributed by atoms with Gasteiger partial charge in [-0.3, -0.25) is 0 Å². The summed E-state index contributed by atoms with van der Waals surface area (Å²) in [4.78, 5) is 27.6. The van der Waals surface area contributed by atoms with Crippen LogP contribution >= 0.6 is 0 Å². The van der Waals surface area contributed by atoms with Crippen molar-refractivity contribution < 1.29 is 23.8 Å². The molecule has 2 aromatic rings. The fourth-order valence-corrected chi connectivity index (χ4v) is 3.27. The molecule has 1 saturated heterocycles. The Morgan fingerprint density at radius 3 is 2.58 bits per heavy atom. The number of carbonyl (C=O) groups excluding carboxylic acids is 1. The summed E-state index contributed by atoms with van der Waals surface area (Å²) in [7, 11) is 0. The predicted octanol–water partition coefficient (Wildman–Crippen LogP) is 4.15. The average molecular weight is 455 g/mol. The zero-order valence-corrected chi connectivity index (χ0v) is 19.3. The molecule has 9 heteroatoms. The third-order valence-corrected chi connectivity index (χ3v) is 5.15. The Kier molecular flexibility index (Phi) is 8.63. The number of nitrogens with zero attached hydrogens (tertiary/aromatic N) is 4. The highest BCUT2D eigenvalue weighted by atomic mass is 16.6. The van der Waals surface area contributed by atoms with Crippen LogP contribution in [0.4, 0.5) is 4.79 Å². The standard InChI is InChI=1S/C24H30N4O5/c1-5-15-31-20-9-7-19(8-10-20)18(4)27-33-23-17(3)22(25-16-26-23)32-21-11-13-28(14-12-21)24(29)30-6-2/h5,7-10,16,21H,1,6,11-15H2,2-4H3/b27-18-. The molecule has 2 heterocycles. The summed E-state index contributed by atoms with van der Waals surface area (Å²) >= 11 is 0. The molecule has 0 unspecified atom stereocenters. The highest BCUT2D eigenvalue weighted by Gasteiger charge is 2.25. The fraction of sp³-hybridized carbons (Fsp3) is 0.417. The number of amides is 1. The summed E-state index contributed by atoms with van der Waals surface area (Å²) in [5.74, 6) is 1.54. The second-order valence-corrected chi connectivity index (χ2v) is 7.50. The van der Waals surface area contributed by atoms with Crippen LogP contribution in [0.5, 0.6) is 17.5 Å². The first-order chi connectivity index (χ1) is 16.0. The molecule has 0 aliphatic carbocycles. The number of benzene rings is 1. The van der Waals surface area contributed by atoms with Gasteiger partial charge in [0.2, 0.25) is 5.88 Å². The molecule has 0 spiro atoms. The molecule has 9 nitrogen and oxygen atoms in total. The smallest absolute Gasteiger partial charge is 0.409 e. The van der Waals surface area contributed by atoms with Gasteiger partial charge >= 0.3 is 6.09 Å². The van der Waals surface area contributed by atoms with E-state index < -0.39 is 0 Å². The molecule has 0 N–H and O–H groups in total. The van der Waals surface area contributed by atoms with Gasteiger partial charge in [-0.2, -0.15) is 4.98 Å². The first-order valence-electron chi connectivity index (χ1n) is 11.0. The van der Waals surface area contributed by atoms with Crippen LogP contribution in [0.25, 0.3) is 0 Å². The van der Waals surface area contributed by atoms with Crippen molar-refractivity contribution in [3.05, 3.63) is 54.4 Å². The molecule has 1 aromatic carbocycles.